The highest BCUT2D eigenvalue weighted by Crippen LogP contribution is 2.22. The summed E-state index contributed by atoms with van der Waals surface area (Å²) in [7, 11) is 0. The summed E-state index contributed by atoms with van der Waals surface area (Å²) in [5.74, 6) is 0.413. The van der Waals surface area contributed by atoms with Crippen molar-refractivity contribution in [1.82, 2.24) is 0 Å². The molecule has 0 aliphatic carbocycles. The van der Waals surface area contributed by atoms with Gasteiger partial charge in [-0.15, -0.1) is 0 Å². The number of benzene rings is 1. The Balaban J connectivity index is 2.94. The van der Waals surface area contributed by atoms with E-state index in [1.807, 2.05) is 25.1 Å². The number of allylic oxidation sites excluding steroid dienone is 2. The highest BCUT2D eigenvalue weighted by atomic mass is 14.6. The standard InChI is InChI=1S/C11H15N/c1-3-6-9(2)10-7-4-5-8-11(10)12/h3-9H,12H2,1-2H3/b6-3+/t9-/m1/s1. The number of hydrogen-bond acceptors (Lipinski definition) is 1. The first-order chi connectivity index (χ1) is 5.75. The third-order valence-electron chi connectivity index (χ3n) is 1.97. The van der Waals surface area contributed by atoms with Crippen LogP contribution in [0.25, 0.3) is 0 Å². The Morgan fingerprint density at radius 1 is 1.33 bits per heavy atom. The van der Waals surface area contributed by atoms with Crippen LogP contribution < -0.4 is 5.73 Å². The highest BCUT2D eigenvalue weighted by molar-refractivity contribution is 5.49. The number of rotatable bonds is 2. The second-order valence-corrected chi connectivity index (χ2v) is 2.94. The van der Waals surface area contributed by atoms with Gasteiger partial charge >= 0.3 is 0 Å². The highest BCUT2D eigenvalue weighted by Gasteiger charge is 2.03. The van der Waals surface area contributed by atoms with Crippen LogP contribution in [0.15, 0.2) is 36.4 Å². The van der Waals surface area contributed by atoms with Gasteiger partial charge in [-0.3, -0.25) is 0 Å². The summed E-state index contributed by atoms with van der Waals surface area (Å²) in [6.07, 6.45) is 4.20. The summed E-state index contributed by atoms with van der Waals surface area (Å²) in [4.78, 5) is 0. The van der Waals surface area contributed by atoms with E-state index in [2.05, 4.69) is 25.1 Å². The van der Waals surface area contributed by atoms with E-state index in [-0.39, 0.29) is 0 Å². The van der Waals surface area contributed by atoms with Crippen molar-refractivity contribution in [3.8, 4) is 0 Å². The third-order valence-corrected chi connectivity index (χ3v) is 1.97. The molecule has 1 rings (SSSR count). The van der Waals surface area contributed by atoms with Gasteiger partial charge in [0.05, 0.1) is 0 Å². The summed E-state index contributed by atoms with van der Waals surface area (Å²) in [5.41, 5.74) is 7.90. The Hall–Kier alpha value is -1.24. The molecule has 1 nitrogen and oxygen atoms in total. The van der Waals surface area contributed by atoms with Crippen LogP contribution in [0, 0.1) is 0 Å². The fraction of sp³-hybridized carbons (Fsp3) is 0.273. The van der Waals surface area contributed by atoms with Crippen molar-refractivity contribution in [2.75, 3.05) is 5.73 Å². The molecule has 0 heterocycles. The van der Waals surface area contributed by atoms with Crippen molar-refractivity contribution in [2.24, 2.45) is 0 Å². The second kappa shape index (κ2) is 3.96. The molecule has 0 spiro atoms. The molecule has 0 fully saturated rings. The average molecular weight is 161 g/mol. The van der Waals surface area contributed by atoms with Gasteiger partial charge in [0.25, 0.3) is 0 Å². The molecule has 1 aromatic rings. The van der Waals surface area contributed by atoms with E-state index in [1.54, 1.807) is 0 Å². The zero-order valence-electron chi connectivity index (χ0n) is 7.62. The van der Waals surface area contributed by atoms with Crippen molar-refractivity contribution < 1.29 is 0 Å². The molecular formula is C11H15N. The van der Waals surface area contributed by atoms with Crippen LogP contribution in [-0.2, 0) is 0 Å². The van der Waals surface area contributed by atoms with Crippen LogP contribution in [0.1, 0.15) is 25.3 Å². The van der Waals surface area contributed by atoms with Crippen molar-refractivity contribution in [3.05, 3.63) is 42.0 Å². The van der Waals surface area contributed by atoms with Crippen molar-refractivity contribution >= 4 is 5.69 Å². The molecule has 0 saturated heterocycles. The van der Waals surface area contributed by atoms with Crippen LogP contribution >= 0.6 is 0 Å². The second-order valence-electron chi connectivity index (χ2n) is 2.94. The maximum atomic E-state index is 5.82. The molecule has 1 atom stereocenters. The molecule has 0 aliphatic rings. The lowest BCUT2D eigenvalue weighted by atomic mass is 9.99. The molecule has 0 aliphatic heterocycles. The summed E-state index contributed by atoms with van der Waals surface area (Å²) < 4.78 is 0. The molecule has 2 N–H and O–H groups in total. The number of hydrogen-bond donors (Lipinski definition) is 1. The minimum Gasteiger partial charge on any atom is -0.398 e. The Morgan fingerprint density at radius 3 is 2.58 bits per heavy atom. The minimum atomic E-state index is 0.413. The Labute approximate surface area is 73.9 Å². The van der Waals surface area contributed by atoms with Crippen LogP contribution in [0.3, 0.4) is 0 Å². The lowest BCUT2D eigenvalue weighted by molar-refractivity contribution is 0.969. The monoisotopic (exact) mass is 161 g/mol. The van der Waals surface area contributed by atoms with E-state index in [1.165, 1.54) is 5.56 Å². The van der Waals surface area contributed by atoms with E-state index < -0.39 is 0 Å². The molecule has 12 heavy (non-hydrogen) atoms. The molecule has 0 bridgehead atoms. The summed E-state index contributed by atoms with van der Waals surface area (Å²) in [6, 6.07) is 7.99. The molecular weight excluding hydrogens is 146 g/mol. The van der Waals surface area contributed by atoms with E-state index in [9.17, 15) is 0 Å². The van der Waals surface area contributed by atoms with Crippen LogP contribution in [0.2, 0.25) is 0 Å². The maximum absolute atomic E-state index is 5.82. The Bertz CT molecular complexity index is 276. The van der Waals surface area contributed by atoms with Gasteiger partial charge in [-0.25, -0.2) is 0 Å². The normalized spacial score (nSPS) is 13.5. The first-order valence-electron chi connectivity index (χ1n) is 4.23. The number of anilines is 1. The molecule has 1 aromatic carbocycles. The zero-order valence-corrected chi connectivity index (χ0v) is 7.62. The largest absolute Gasteiger partial charge is 0.398 e. The van der Waals surface area contributed by atoms with Crippen molar-refractivity contribution in [2.45, 2.75) is 19.8 Å². The predicted octanol–water partition coefficient (Wildman–Crippen LogP) is 2.95. The summed E-state index contributed by atoms with van der Waals surface area (Å²) in [5, 5.41) is 0. The molecule has 0 amide bonds. The summed E-state index contributed by atoms with van der Waals surface area (Å²) in [6.45, 7) is 4.17. The lowest BCUT2D eigenvalue weighted by Crippen LogP contribution is -1.96. The maximum Gasteiger partial charge on any atom is 0.0352 e. The third kappa shape index (κ3) is 1.88. The topological polar surface area (TPSA) is 26.0 Å². The number of nitrogens with two attached hydrogens (primary N) is 1. The molecule has 1 heteroatoms. The summed E-state index contributed by atoms with van der Waals surface area (Å²) >= 11 is 0. The van der Waals surface area contributed by atoms with Gasteiger partial charge in [-0.05, 0) is 18.6 Å². The van der Waals surface area contributed by atoms with Crippen LogP contribution in [-0.4, -0.2) is 0 Å². The molecule has 64 valence electrons. The molecule has 0 aromatic heterocycles. The first kappa shape index (κ1) is 8.85. The van der Waals surface area contributed by atoms with E-state index in [0.717, 1.165) is 5.69 Å². The fourth-order valence-electron chi connectivity index (χ4n) is 1.32. The van der Waals surface area contributed by atoms with Crippen LogP contribution in [0.4, 0.5) is 5.69 Å². The SMILES string of the molecule is C/C=C/[C@@H](C)c1ccccc1N. The van der Waals surface area contributed by atoms with E-state index in [4.69, 9.17) is 5.73 Å². The smallest absolute Gasteiger partial charge is 0.0352 e. The van der Waals surface area contributed by atoms with Crippen LogP contribution in [0.5, 0.6) is 0 Å². The van der Waals surface area contributed by atoms with Gasteiger partial charge in [-0.1, -0.05) is 37.3 Å². The molecule has 0 saturated carbocycles. The van der Waals surface area contributed by atoms with E-state index >= 15 is 0 Å². The van der Waals surface area contributed by atoms with Gasteiger partial charge in [0.15, 0.2) is 0 Å². The van der Waals surface area contributed by atoms with Gasteiger partial charge in [0.1, 0.15) is 0 Å². The van der Waals surface area contributed by atoms with E-state index in [0.29, 0.717) is 5.92 Å². The minimum absolute atomic E-state index is 0.413. The fourth-order valence-corrected chi connectivity index (χ4v) is 1.32. The average Bonchev–Trinajstić information content (AvgIpc) is 2.05. The van der Waals surface area contributed by atoms with Gasteiger partial charge in [-0.2, -0.15) is 0 Å². The first-order valence-corrected chi connectivity index (χ1v) is 4.23. The lowest BCUT2D eigenvalue weighted by Gasteiger charge is -2.08. The number of nitrogen functional groups attached to an aromatic ring is 1. The molecule has 0 radical (unpaired) electrons. The predicted molar refractivity (Wildman–Crippen MR) is 54.1 cm³/mol. The zero-order chi connectivity index (χ0) is 8.97. The molecule has 0 unspecified atom stereocenters. The Morgan fingerprint density at radius 2 is 2.00 bits per heavy atom. The van der Waals surface area contributed by atoms with Crippen molar-refractivity contribution in [3.63, 3.8) is 0 Å². The quantitative estimate of drug-likeness (QED) is 0.523. The van der Waals surface area contributed by atoms with Gasteiger partial charge in [0.2, 0.25) is 0 Å². The van der Waals surface area contributed by atoms with Crippen molar-refractivity contribution in [1.29, 1.82) is 0 Å². The number of para-hydroxylation sites is 1. The van der Waals surface area contributed by atoms with Gasteiger partial charge in [0, 0.05) is 11.6 Å². The Kier molecular flexibility index (Phi) is 2.92. The van der Waals surface area contributed by atoms with Gasteiger partial charge < -0.3 is 5.73 Å².